The SMILES string of the molecule is CCc1cc(-c2ccc(NS(=O)(=O)Cc3ccccc3)c(F)c2)nc2cnc(N[C@@H]3CNC[C@H](CF)C3)nc12. The number of aryl methyl sites for hydroxylation is 1. The number of alkyl halides is 1. The molecule has 1 aliphatic rings. The number of aromatic nitrogens is 3. The lowest BCUT2D eigenvalue weighted by molar-refractivity contribution is 0.282. The first-order valence-corrected chi connectivity index (χ1v) is 14.5. The number of nitrogens with one attached hydrogen (secondary N) is 3. The van der Waals surface area contributed by atoms with E-state index in [2.05, 4.69) is 30.3 Å². The highest BCUT2D eigenvalue weighted by atomic mass is 32.2. The number of sulfonamides is 1. The molecule has 2 aromatic carbocycles. The molecule has 0 amide bonds. The molecule has 2 atom stereocenters. The Kier molecular flexibility index (Phi) is 7.99. The van der Waals surface area contributed by atoms with Crippen molar-refractivity contribution < 1.29 is 17.2 Å². The summed E-state index contributed by atoms with van der Waals surface area (Å²) in [7, 11) is -3.80. The van der Waals surface area contributed by atoms with Gasteiger partial charge < -0.3 is 10.6 Å². The number of pyridine rings is 1. The maximum Gasteiger partial charge on any atom is 0.237 e. The average molecular weight is 553 g/mol. The van der Waals surface area contributed by atoms with E-state index in [1.807, 2.05) is 13.0 Å². The summed E-state index contributed by atoms with van der Waals surface area (Å²) in [5.41, 5.74) is 3.68. The third-order valence-corrected chi connectivity index (χ3v) is 7.97. The fourth-order valence-electron chi connectivity index (χ4n) is 4.77. The summed E-state index contributed by atoms with van der Waals surface area (Å²) in [6, 6.07) is 14.9. The van der Waals surface area contributed by atoms with Gasteiger partial charge in [0, 0.05) is 30.6 Å². The van der Waals surface area contributed by atoms with Crippen molar-refractivity contribution >= 4 is 32.7 Å². The lowest BCUT2D eigenvalue weighted by atomic mass is 9.97. The molecule has 0 unspecified atom stereocenters. The van der Waals surface area contributed by atoms with Gasteiger partial charge in [0.1, 0.15) is 11.3 Å². The van der Waals surface area contributed by atoms with Gasteiger partial charge in [-0.3, -0.25) is 9.11 Å². The first kappa shape index (κ1) is 26.9. The summed E-state index contributed by atoms with van der Waals surface area (Å²) in [6.45, 7) is 3.01. The Bertz CT molecular complexity index is 1570. The maximum atomic E-state index is 15.0. The zero-order valence-electron chi connectivity index (χ0n) is 21.5. The molecular formula is C28H30F2N6O2S. The lowest BCUT2D eigenvalue weighted by Gasteiger charge is -2.29. The molecule has 0 spiro atoms. The van der Waals surface area contributed by atoms with Crippen LogP contribution in [-0.4, -0.2) is 49.2 Å². The third kappa shape index (κ3) is 6.48. The molecule has 0 bridgehead atoms. The van der Waals surface area contributed by atoms with Crippen molar-refractivity contribution in [3.8, 4) is 11.3 Å². The van der Waals surface area contributed by atoms with Crippen molar-refractivity contribution in [1.82, 2.24) is 20.3 Å². The van der Waals surface area contributed by atoms with Crippen molar-refractivity contribution in [1.29, 1.82) is 0 Å². The average Bonchev–Trinajstić information content (AvgIpc) is 2.94. The number of hydrogen-bond acceptors (Lipinski definition) is 7. The Morgan fingerprint density at radius 3 is 2.64 bits per heavy atom. The highest BCUT2D eigenvalue weighted by Crippen LogP contribution is 2.28. The number of hydrogen-bond donors (Lipinski definition) is 3. The molecule has 0 saturated carbocycles. The predicted molar refractivity (Wildman–Crippen MR) is 149 cm³/mol. The van der Waals surface area contributed by atoms with Crippen LogP contribution in [0.15, 0.2) is 60.8 Å². The van der Waals surface area contributed by atoms with Gasteiger partial charge in [0.25, 0.3) is 0 Å². The van der Waals surface area contributed by atoms with Gasteiger partial charge in [-0.05, 0) is 42.2 Å². The number of rotatable bonds is 9. The number of piperidine rings is 1. The van der Waals surface area contributed by atoms with Gasteiger partial charge in [-0.2, -0.15) is 0 Å². The van der Waals surface area contributed by atoms with Crippen LogP contribution < -0.4 is 15.4 Å². The van der Waals surface area contributed by atoms with Crippen molar-refractivity contribution in [3.05, 3.63) is 77.7 Å². The smallest absolute Gasteiger partial charge is 0.237 e. The van der Waals surface area contributed by atoms with E-state index >= 15 is 4.39 Å². The summed E-state index contributed by atoms with van der Waals surface area (Å²) in [4.78, 5) is 13.7. The number of benzene rings is 2. The Hall–Kier alpha value is -3.70. The molecule has 8 nitrogen and oxygen atoms in total. The summed E-state index contributed by atoms with van der Waals surface area (Å²) in [5, 5.41) is 6.53. The summed E-state index contributed by atoms with van der Waals surface area (Å²) >= 11 is 0. The minimum absolute atomic E-state index is 0.0286. The molecule has 1 saturated heterocycles. The van der Waals surface area contributed by atoms with Crippen molar-refractivity contribution in [2.75, 3.05) is 29.8 Å². The normalized spacial score (nSPS) is 17.7. The minimum atomic E-state index is -3.80. The molecule has 4 aromatic rings. The number of halogens is 2. The van der Waals surface area contributed by atoms with Crippen molar-refractivity contribution in [3.63, 3.8) is 0 Å². The van der Waals surface area contributed by atoms with Crippen LogP contribution in [-0.2, 0) is 22.2 Å². The van der Waals surface area contributed by atoms with Gasteiger partial charge in [0.2, 0.25) is 16.0 Å². The number of nitrogens with zero attached hydrogens (tertiary/aromatic N) is 3. The lowest BCUT2D eigenvalue weighted by Crippen LogP contribution is -2.44. The summed E-state index contributed by atoms with van der Waals surface area (Å²) in [5.74, 6) is -0.534. The Morgan fingerprint density at radius 2 is 1.90 bits per heavy atom. The summed E-state index contributed by atoms with van der Waals surface area (Å²) < 4.78 is 55.6. The van der Waals surface area contributed by atoms with E-state index in [1.165, 1.54) is 12.1 Å². The van der Waals surface area contributed by atoms with Crippen LogP contribution in [0.5, 0.6) is 0 Å². The molecule has 5 rings (SSSR count). The molecule has 204 valence electrons. The van der Waals surface area contributed by atoms with Crippen LogP contribution in [0.1, 0.15) is 24.5 Å². The standard InChI is InChI=1S/C28H30F2N6O2S/c1-2-20-12-25(34-26-16-32-28(35-27(20)26)33-22-10-19(13-29)14-31-15-22)21-8-9-24(23(30)11-21)36-39(37,38)17-18-6-4-3-5-7-18/h3-9,11-12,16,19,22,31,36H,2,10,13-15,17H2,1H3,(H,32,33,35)/t19-,22-/m0/s1. The molecule has 39 heavy (non-hydrogen) atoms. The van der Waals surface area contributed by atoms with Gasteiger partial charge in [0.05, 0.1) is 35.5 Å². The highest BCUT2D eigenvalue weighted by molar-refractivity contribution is 7.91. The second-order valence-electron chi connectivity index (χ2n) is 9.74. The zero-order valence-corrected chi connectivity index (χ0v) is 22.3. The molecule has 1 aliphatic heterocycles. The van der Waals surface area contributed by atoms with E-state index in [-0.39, 0.29) is 30.1 Å². The minimum Gasteiger partial charge on any atom is -0.350 e. The van der Waals surface area contributed by atoms with E-state index in [1.54, 1.807) is 42.6 Å². The fourth-order valence-corrected chi connectivity index (χ4v) is 5.98. The van der Waals surface area contributed by atoms with Crippen LogP contribution in [0.2, 0.25) is 0 Å². The highest BCUT2D eigenvalue weighted by Gasteiger charge is 2.22. The monoisotopic (exact) mass is 552 g/mol. The topological polar surface area (TPSA) is 109 Å². The molecule has 11 heteroatoms. The maximum absolute atomic E-state index is 15.0. The van der Waals surface area contributed by atoms with E-state index in [4.69, 9.17) is 0 Å². The van der Waals surface area contributed by atoms with E-state index in [0.29, 0.717) is 59.7 Å². The third-order valence-electron chi connectivity index (χ3n) is 6.73. The van der Waals surface area contributed by atoms with Crippen LogP contribution >= 0.6 is 0 Å². The van der Waals surface area contributed by atoms with Crippen LogP contribution in [0.4, 0.5) is 20.4 Å². The first-order chi connectivity index (χ1) is 18.8. The van der Waals surface area contributed by atoms with E-state index in [0.717, 1.165) is 5.56 Å². The van der Waals surface area contributed by atoms with Gasteiger partial charge in [-0.25, -0.2) is 27.8 Å². The molecular weight excluding hydrogens is 522 g/mol. The van der Waals surface area contributed by atoms with Gasteiger partial charge in [-0.1, -0.05) is 43.3 Å². The molecule has 3 N–H and O–H groups in total. The second kappa shape index (κ2) is 11.6. The van der Waals surface area contributed by atoms with E-state index < -0.39 is 15.8 Å². The molecule has 3 heterocycles. The van der Waals surface area contributed by atoms with Gasteiger partial charge in [-0.15, -0.1) is 0 Å². The van der Waals surface area contributed by atoms with Gasteiger partial charge >= 0.3 is 0 Å². The molecule has 2 aromatic heterocycles. The van der Waals surface area contributed by atoms with Crippen LogP contribution in [0, 0.1) is 11.7 Å². The van der Waals surface area contributed by atoms with Gasteiger partial charge in [0.15, 0.2) is 0 Å². The second-order valence-corrected chi connectivity index (χ2v) is 11.5. The van der Waals surface area contributed by atoms with Crippen molar-refractivity contribution in [2.24, 2.45) is 5.92 Å². The Labute approximate surface area is 226 Å². The number of fused-ring (bicyclic) bond motifs is 1. The first-order valence-electron chi connectivity index (χ1n) is 12.9. The molecule has 0 aliphatic carbocycles. The Balaban J connectivity index is 1.36. The zero-order chi connectivity index (χ0) is 27.4. The van der Waals surface area contributed by atoms with E-state index in [9.17, 15) is 12.8 Å². The van der Waals surface area contributed by atoms with Crippen LogP contribution in [0.3, 0.4) is 0 Å². The molecule has 1 fully saturated rings. The predicted octanol–water partition coefficient (Wildman–Crippen LogP) is 4.69. The fraction of sp³-hybridized carbons (Fsp3) is 0.321. The number of anilines is 2. The largest absolute Gasteiger partial charge is 0.350 e. The summed E-state index contributed by atoms with van der Waals surface area (Å²) in [6.07, 6.45) is 2.99. The Morgan fingerprint density at radius 1 is 1.08 bits per heavy atom. The molecule has 0 radical (unpaired) electrons. The van der Waals surface area contributed by atoms with Crippen molar-refractivity contribution in [2.45, 2.75) is 31.6 Å². The van der Waals surface area contributed by atoms with Crippen LogP contribution in [0.25, 0.3) is 22.3 Å². The quantitative estimate of drug-likeness (QED) is 0.276.